The third-order valence-electron chi connectivity index (χ3n) is 3.19. The molecule has 3 nitrogen and oxygen atoms in total. The van der Waals surface area contributed by atoms with E-state index in [1.165, 1.54) is 11.1 Å². The van der Waals surface area contributed by atoms with Crippen LogP contribution in [0.15, 0.2) is 18.2 Å². The standard InChI is InChI=1S/C13H17NO2/c1-8-4-9-2-3-10(6-11(9)5-8)12(14)7-13(15)16/h2-3,6,8,12H,4-5,7,14H2,1H3,(H,15,16). The number of carboxylic acids is 1. The van der Waals surface area contributed by atoms with E-state index in [1.54, 1.807) is 0 Å². The third kappa shape index (κ3) is 2.25. The highest BCUT2D eigenvalue weighted by Gasteiger charge is 2.19. The van der Waals surface area contributed by atoms with Crippen LogP contribution in [0.2, 0.25) is 0 Å². The molecular weight excluding hydrogens is 202 g/mol. The minimum Gasteiger partial charge on any atom is -0.481 e. The Morgan fingerprint density at radius 3 is 2.88 bits per heavy atom. The van der Waals surface area contributed by atoms with E-state index in [9.17, 15) is 4.79 Å². The first-order chi connectivity index (χ1) is 7.56. The molecule has 86 valence electrons. The quantitative estimate of drug-likeness (QED) is 0.816. The molecule has 0 saturated heterocycles. The monoisotopic (exact) mass is 219 g/mol. The van der Waals surface area contributed by atoms with E-state index in [2.05, 4.69) is 19.1 Å². The van der Waals surface area contributed by atoms with E-state index in [0.29, 0.717) is 5.92 Å². The van der Waals surface area contributed by atoms with Crippen LogP contribution in [0.25, 0.3) is 0 Å². The Hall–Kier alpha value is -1.35. The Morgan fingerprint density at radius 2 is 2.19 bits per heavy atom. The molecule has 0 saturated carbocycles. The summed E-state index contributed by atoms with van der Waals surface area (Å²) in [6.45, 7) is 2.23. The summed E-state index contributed by atoms with van der Waals surface area (Å²) in [5, 5.41) is 8.70. The van der Waals surface area contributed by atoms with Gasteiger partial charge in [-0.3, -0.25) is 4.79 Å². The topological polar surface area (TPSA) is 63.3 Å². The van der Waals surface area contributed by atoms with Crippen molar-refractivity contribution in [2.24, 2.45) is 11.7 Å². The number of aliphatic carboxylic acids is 1. The van der Waals surface area contributed by atoms with Crippen molar-refractivity contribution in [2.75, 3.05) is 0 Å². The zero-order chi connectivity index (χ0) is 11.7. The fraction of sp³-hybridized carbons (Fsp3) is 0.462. The van der Waals surface area contributed by atoms with Gasteiger partial charge in [0.1, 0.15) is 0 Å². The Labute approximate surface area is 95.3 Å². The van der Waals surface area contributed by atoms with Crippen LogP contribution < -0.4 is 5.73 Å². The molecule has 0 radical (unpaired) electrons. The largest absolute Gasteiger partial charge is 0.481 e. The normalized spacial score (nSPS) is 20.5. The second-order valence-electron chi connectivity index (χ2n) is 4.75. The number of rotatable bonds is 3. The van der Waals surface area contributed by atoms with Crippen LogP contribution >= 0.6 is 0 Å². The van der Waals surface area contributed by atoms with E-state index >= 15 is 0 Å². The molecule has 0 bridgehead atoms. The van der Waals surface area contributed by atoms with E-state index in [0.717, 1.165) is 18.4 Å². The van der Waals surface area contributed by atoms with Gasteiger partial charge in [0, 0.05) is 6.04 Å². The zero-order valence-corrected chi connectivity index (χ0v) is 9.44. The van der Waals surface area contributed by atoms with E-state index in [-0.39, 0.29) is 6.42 Å². The molecule has 2 atom stereocenters. The van der Waals surface area contributed by atoms with E-state index in [1.807, 2.05) is 6.07 Å². The zero-order valence-electron chi connectivity index (χ0n) is 9.44. The Kier molecular flexibility index (Phi) is 2.97. The fourth-order valence-electron chi connectivity index (χ4n) is 2.39. The fourth-order valence-corrected chi connectivity index (χ4v) is 2.39. The van der Waals surface area contributed by atoms with Crippen molar-refractivity contribution in [1.29, 1.82) is 0 Å². The lowest BCUT2D eigenvalue weighted by atomic mass is 10.00. The van der Waals surface area contributed by atoms with E-state index < -0.39 is 12.0 Å². The Morgan fingerprint density at radius 1 is 1.50 bits per heavy atom. The van der Waals surface area contributed by atoms with Crippen LogP contribution in [0, 0.1) is 5.92 Å². The molecule has 1 aliphatic rings. The lowest BCUT2D eigenvalue weighted by Crippen LogP contribution is -2.15. The van der Waals surface area contributed by atoms with Crippen molar-refractivity contribution in [2.45, 2.75) is 32.2 Å². The molecule has 3 heteroatoms. The molecule has 0 aromatic heterocycles. The maximum absolute atomic E-state index is 10.6. The molecule has 1 aromatic carbocycles. The molecule has 2 rings (SSSR count). The average Bonchev–Trinajstić information content (AvgIpc) is 2.55. The maximum atomic E-state index is 10.6. The summed E-state index contributed by atoms with van der Waals surface area (Å²) >= 11 is 0. The predicted octanol–water partition coefficient (Wildman–Crippen LogP) is 1.90. The number of fused-ring (bicyclic) bond motifs is 1. The van der Waals surface area contributed by atoms with Gasteiger partial charge in [0.25, 0.3) is 0 Å². The van der Waals surface area contributed by atoms with Crippen LogP contribution in [0.4, 0.5) is 0 Å². The van der Waals surface area contributed by atoms with Crippen LogP contribution in [0.5, 0.6) is 0 Å². The third-order valence-corrected chi connectivity index (χ3v) is 3.19. The van der Waals surface area contributed by atoms with E-state index in [4.69, 9.17) is 10.8 Å². The summed E-state index contributed by atoms with van der Waals surface area (Å²) in [5.74, 6) is -0.151. The van der Waals surface area contributed by atoms with Gasteiger partial charge in [-0.15, -0.1) is 0 Å². The van der Waals surface area contributed by atoms with Gasteiger partial charge < -0.3 is 10.8 Å². The minimum absolute atomic E-state index is 0.00561. The first kappa shape index (κ1) is 11.1. The first-order valence-electron chi connectivity index (χ1n) is 5.65. The van der Waals surface area contributed by atoms with Gasteiger partial charge in [-0.2, -0.15) is 0 Å². The number of carbonyl (C=O) groups is 1. The van der Waals surface area contributed by atoms with Gasteiger partial charge in [0.05, 0.1) is 6.42 Å². The number of nitrogens with two attached hydrogens (primary N) is 1. The second kappa shape index (κ2) is 4.26. The maximum Gasteiger partial charge on any atom is 0.305 e. The van der Waals surface area contributed by atoms with Crippen molar-refractivity contribution in [1.82, 2.24) is 0 Å². The Balaban J connectivity index is 2.19. The smallest absolute Gasteiger partial charge is 0.305 e. The summed E-state index contributed by atoms with van der Waals surface area (Å²) in [4.78, 5) is 10.6. The van der Waals surface area contributed by atoms with Gasteiger partial charge in [-0.25, -0.2) is 0 Å². The first-order valence-corrected chi connectivity index (χ1v) is 5.65. The summed E-state index contributed by atoms with van der Waals surface area (Å²) in [5.41, 5.74) is 9.51. The number of benzene rings is 1. The van der Waals surface area contributed by atoms with Crippen LogP contribution in [0.3, 0.4) is 0 Å². The minimum atomic E-state index is -0.846. The highest BCUT2D eigenvalue weighted by molar-refractivity contribution is 5.67. The molecule has 1 aromatic rings. The predicted molar refractivity (Wildman–Crippen MR) is 62.2 cm³/mol. The highest BCUT2D eigenvalue weighted by Crippen LogP contribution is 2.28. The summed E-state index contributed by atoms with van der Waals surface area (Å²) < 4.78 is 0. The van der Waals surface area contributed by atoms with Gasteiger partial charge >= 0.3 is 5.97 Å². The molecule has 0 fully saturated rings. The van der Waals surface area contributed by atoms with Crippen molar-refractivity contribution in [3.63, 3.8) is 0 Å². The van der Waals surface area contributed by atoms with Crippen LogP contribution in [-0.2, 0) is 17.6 Å². The van der Waals surface area contributed by atoms with Crippen molar-refractivity contribution < 1.29 is 9.90 Å². The summed E-state index contributed by atoms with van der Waals surface area (Å²) in [6.07, 6.45) is 2.21. The van der Waals surface area contributed by atoms with Gasteiger partial charge in [-0.1, -0.05) is 25.1 Å². The average molecular weight is 219 g/mol. The molecule has 3 N–H and O–H groups in total. The van der Waals surface area contributed by atoms with Crippen LogP contribution in [-0.4, -0.2) is 11.1 Å². The molecule has 0 heterocycles. The molecule has 0 amide bonds. The number of carboxylic acid groups (broad SMARTS) is 1. The lowest BCUT2D eigenvalue weighted by Gasteiger charge is -2.11. The van der Waals surface area contributed by atoms with Crippen LogP contribution in [0.1, 0.15) is 36.1 Å². The molecular formula is C13H17NO2. The highest BCUT2D eigenvalue weighted by atomic mass is 16.4. The lowest BCUT2D eigenvalue weighted by molar-refractivity contribution is -0.137. The van der Waals surface area contributed by atoms with Gasteiger partial charge in [0.15, 0.2) is 0 Å². The number of hydrogen-bond acceptors (Lipinski definition) is 2. The van der Waals surface area contributed by atoms with Gasteiger partial charge in [0.2, 0.25) is 0 Å². The van der Waals surface area contributed by atoms with Crippen molar-refractivity contribution >= 4 is 5.97 Å². The Bertz CT molecular complexity index is 414. The van der Waals surface area contributed by atoms with Crippen molar-refractivity contribution in [3.05, 3.63) is 34.9 Å². The van der Waals surface area contributed by atoms with Crippen molar-refractivity contribution in [3.8, 4) is 0 Å². The summed E-state index contributed by atoms with van der Waals surface area (Å²) in [6, 6.07) is 5.74. The molecule has 16 heavy (non-hydrogen) atoms. The van der Waals surface area contributed by atoms with Gasteiger partial charge in [-0.05, 0) is 35.4 Å². The summed E-state index contributed by atoms with van der Waals surface area (Å²) in [7, 11) is 0. The molecule has 2 unspecified atom stereocenters. The molecule has 1 aliphatic carbocycles. The molecule has 0 aliphatic heterocycles. The molecule has 0 spiro atoms. The number of hydrogen-bond donors (Lipinski definition) is 2. The SMILES string of the molecule is CC1Cc2ccc(C(N)CC(=O)O)cc2C1. The second-order valence-corrected chi connectivity index (χ2v) is 4.75.